The minimum absolute atomic E-state index is 0.413. The molecule has 0 spiro atoms. The minimum Gasteiger partial charge on any atom is -0.415 e. The molecular formula is C14H6F5NO4. The second-order valence-electron chi connectivity index (χ2n) is 4.42. The Morgan fingerprint density at radius 3 is 2.38 bits per heavy atom. The average Bonchev–Trinajstić information content (AvgIpc) is 2.45. The first kappa shape index (κ1) is 17.3. The Morgan fingerprint density at radius 2 is 1.79 bits per heavy atom. The molecule has 10 heteroatoms. The normalized spacial score (nSPS) is 11.2. The van der Waals surface area contributed by atoms with E-state index in [0.717, 1.165) is 12.1 Å². The monoisotopic (exact) mass is 347 g/mol. The summed E-state index contributed by atoms with van der Waals surface area (Å²) >= 11 is 0. The third kappa shape index (κ3) is 3.47. The van der Waals surface area contributed by atoms with Crippen LogP contribution in [0.4, 0.5) is 27.6 Å². The van der Waals surface area contributed by atoms with E-state index in [1.165, 1.54) is 0 Å². The maximum Gasteiger partial charge on any atom is 0.419 e. The molecular weight excluding hydrogens is 341 g/mol. The first-order valence-electron chi connectivity index (χ1n) is 6.13. The molecule has 0 atom stereocenters. The molecule has 0 aliphatic heterocycles. The maximum absolute atomic E-state index is 13.8. The molecule has 0 radical (unpaired) electrons. The fraction of sp³-hybridized carbons (Fsp3) is 0.0714. The summed E-state index contributed by atoms with van der Waals surface area (Å²) in [6.45, 7) is 0. The quantitative estimate of drug-likeness (QED) is 0.275. The van der Waals surface area contributed by atoms with Crippen molar-refractivity contribution in [3.05, 3.63) is 69.3 Å². The first-order valence-corrected chi connectivity index (χ1v) is 6.13. The van der Waals surface area contributed by atoms with Crippen molar-refractivity contribution in [2.75, 3.05) is 0 Å². The number of hydrogen-bond acceptors (Lipinski definition) is 4. The molecule has 0 N–H and O–H groups in total. The van der Waals surface area contributed by atoms with Crippen molar-refractivity contribution < 1.29 is 36.4 Å². The number of hydrogen-bond donors (Lipinski definition) is 0. The summed E-state index contributed by atoms with van der Waals surface area (Å²) in [7, 11) is 0. The smallest absolute Gasteiger partial charge is 0.415 e. The van der Waals surface area contributed by atoms with Crippen molar-refractivity contribution in [2.45, 2.75) is 6.18 Å². The molecule has 2 aromatic carbocycles. The van der Waals surface area contributed by atoms with E-state index in [1.807, 2.05) is 0 Å². The van der Waals surface area contributed by atoms with Gasteiger partial charge in [0.15, 0.2) is 0 Å². The van der Waals surface area contributed by atoms with Gasteiger partial charge in [-0.05, 0) is 18.2 Å². The highest BCUT2D eigenvalue weighted by molar-refractivity contribution is 5.92. The van der Waals surface area contributed by atoms with Gasteiger partial charge in [-0.25, -0.2) is 13.6 Å². The van der Waals surface area contributed by atoms with Crippen molar-refractivity contribution in [3.63, 3.8) is 0 Å². The summed E-state index contributed by atoms with van der Waals surface area (Å²) in [5.41, 5.74) is -3.61. The van der Waals surface area contributed by atoms with Crippen LogP contribution in [0.1, 0.15) is 15.9 Å². The fourth-order valence-electron chi connectivity index (χ4n) is 1.78. The molecule has 0 fully saturated rings. The van der Waals surface area contributed by atoms with Gasteiger partial charge in [0.05, 0.1) is 16.1 Å². The van der Waals surface area contributed by atoms with Crippen molar-refractivity contribution in [2.24, 2.45) is 0 Å². The molecule has 0 aromatic heterocycles. The molecule has 5 nitrogen and oxygen atoms in total. The van der Waals surface area contributed by atoms with Gasteiger partial charge in [0.25, 0.3) is 0 Å². The van der Waals surface area contributed by atoms with E-state index < -0.39 is 51.3 Å². The molecule has 0 amide bonds. The number of nitrogens with zero attached hydrogens (tertiary/aromatic N) is 1. The lowest BCUT2D eigenvalue weighted by Crippen LogP contribution is -2.16. The van der Waals surface area contributed by atoms with Crippen LogP contribution in [0.3, 0.4) is 0 Å². The second-order valence-corrected chi connectivity index (χ2v) is 4.42. The van der Waals surface area contributed by atoms with Gasteiger partial charge in [-0.2, -0.15) is 13.2 Å². The lowest BCUT2D eigenvalue weighted by atomic mass is 10.1. The van der Waals surface area contributed by atoms with E-state index in [-0.39, 0.29) is 0 Å². The summed E-state index contributed by atoms with van der Waals surface area (Å²) in [6.07, 6.45) is -5.05. The Kier molecular flexibility index (Phi) is 4.49. The number of alkyl halides is 3. The Hall–Kier alpha value is -3.04. The zero-order valence-electron chi connectivity index (χ0n) is 11.4. The van der Waals surface area contributed by atoms with Crippen LogP contribution in [0.25, 0.3) is 0 Å². The number of benzene rings is 2. The third-order valence-corrected chi connectivity index (χ3v) is 2.85. The van der Waals surface area contributed by atoms with Crippen LogP contribution in [-0.2, 0) is 6.18 Å². The molecule has 0 unspecified atom stereocenters. The summed E-state index contributed by atoms with van der Waals surface area (Å²) in [4.78, 5) is 21.6. The van der Waals surface area contributed by atoms with Crippen molar-refractivity contribution in [3.8, 4) is 5.75 Å². The predicted octanol–water partition coefficient (Wildman–Crippen LogP) is 4.11. The summed E-state index contributed by atoms with van der Waals surface area (Å²) < 4.78 is 69.3. The number of carbonyl (C=O) groups excluding carboxylic acids is 1. The van der Waals surface area contributed by atoms with Gasteiger partial charge in [-0.3, -0.25) is 10.1 Å². The highest BCUT2D eigenvalue weighted by atomic mass is 19.4. The summed E-state index contributed by atoms with van der Waals surface area (Å²) in [6, 6.07) is 3.79. The second kappa shape index (κ2) is 6.22. The van der Waals surface area contributed by atoms with Gasteiger partial charge in [0.2, 0.25) is 5.75 Å². The highest BCUT2D eigenvalue weighted by Gasteiger charge is 2.36. The van der Waals surface area contributed by atoms with Crippen molar-refractivity contribution >= 4 is 11.7 Å². The van der Waals surface area contributed by atoms with E-state index in [9.17, 15) is 36.9 Å². The highest BCUT2D eigenvalue weighted by Crippen LogP contribution is 2.33. The Morgan fingerprint density at radius 1 is 1.12 bits per heavy atom. The van der Waals surface area contributed by atoms with E-state index in [2.05, 4.69) is 4.74 Å². The van der Waals surface area contributed by atoms with Gasteiger partial charge in [0, 0.05) is 12.1 Å². The first-order chi connectivity index (χ1) is 11.1. The number of nitro groups is 1. The molecule has 0 saturated heterocycles. The lowest BCUT2D eigenvalue weighted by molar-refractivity contribution is -0.385. The van der Waals surface area contributed by atoms with E-state index in [4.69, 9.17) is 0 Å². The Bertz CT molecular complexity index is 819. The van der Waals surface area contributed by atoms with E-state index >= 15 is 0 Å². The van der Waals surface area contributed by atoms with Gasteiger partial charge in [-0.15, -0.1) is 0 Å². The summed E-state index contributed by atoms with van der Waals surface area (Å²) in [5, 5.41) is 10.8. The Balaban J connectivity index is 2.42. The molecule has 0 aliphatic rings. The Labute approximate surface area is 130 Å². The summed E-state index contributed by atoms with van der Waals surface area (Å²) in [5.74, 6) is -5.38. The molecule has 2 aromatic rings. The average molecular weight is 347 g/mol. The number of nitro benzene ring substituents is 1. The van der Waals surface area contributed by atoms with Gasteiger partial charge in [-0.1, -0.05) is 6.07 Å². The number of ether oxygens (including phenoxy) is 1. The largest absolute Gasteiger partial charge is 0.419 e. The molecule has 0 aliphatic carbocycles. The van der Waals surface area contributed by atoms with Gasteiger partial charge < -0.3 is 4.74 Å². The van der Waals surface area contributed by atoms with Crippen LogP contribution in [0, 0.1) is 21.7 Å². The minimum atomic E-state index is -5.05. The van der Waals surface area contributed by atoms with Crippen molar-refractivity contribution in [1.29, 1.82) is 0 Å². The lowest BCUT2D eigenvalue weighted by Gasteiger charge is -2.11. The SMILES string of the molecule is O=C(Oc1cc(F)ccc1[N+](=O)[O-])c1cccc(C(F)(F)F)c1F. The standard InChI is InChI=1S/C14H6F5NO4/c15-7-4-5-10(20(22)23)11(6-7)24-13(21)8-2-1-3-9(12(8)16)14(17,18)19/h1-6H. The van der Waals surface area contributed by atoms with Gasteiger partial charge in [0.1, 0.15) is 11.6 Å². The van der Waals surface area contributed by atoms with Crippen molar-refractivity contribution in [1.82, 2.24) is 0 Å². The number of carbonyl (C=O) groups is 1. The molecule has 0 heterocycles. The fourth-order valence-corrected chi connectivity index (χ4v) is 1.78. The molecule has 2 rings (SSSR count). The van der Waals surface area contributed by atoms with Crippen LogP contribution in [0.15, 0.2) is 36.4 Å². The number of rotatable bonds is 3. The van der Waals surface area contributed by atoms with Crippen LogP contribution < -0.4 is 4.74 Å². The van der Waals surface area contributed by atoms with E-state index in [1.54, 1.807) is 0 Å². The number of halogens is 5. The number of esters is 1. The van der Waals surface area contributed by atoms with Crippen LogP contribution >= 0.6 is 0 Å². The topological polar surface area (TPSA) is 69.4 Å². The van der Waals surface area contributed by atoms with E-state index in [0.29, 0.717) is 24.3 Å². The van der Waals surface area contributed by atoms with Crippen LogP contribution in [-0.4, -0.2) is 10.9 Å². The molecule has 126 valence electrons. The molecule has 0 bridgehead atoms. The predicted molar refractivity (Wildman–Crippen MR) is 69.4 cm³/mol. The molecule has 24 heavy (non-hydrogen) atoms. The molecule has 0 saturated carbocycles. The zero-order valence-corrected chi connectivity index (χ0v) is 11.4. The maximum atomic E-state index is 13.8. The zero-order chi connectivity index (χ0) is 18.1. The van der Waals surface area contributed by atoms with Crippen LogP contribution in [0.2, 0.25) is 0 Å². The van der Waals surface area contributed by atoms with Gasteiger partial charge >= 0.3 is 17.8 Å². The third-order valence-electron chi connectivity index (χ3n) is 2.85. The van der Waals surface area contributed by atoms with Crippen LogP contribution in [0.5, 0.6) is 5.75 Å².